The van der Waals surface area contributed by atoms with Crippen LogP contribution in [0.4, 0.5) is 0 Å². The standard InChI is InChI=1S/C16H28N2/c1-5-7-8-9-11-15(10-6-2)16-12-13(3)17-14(4)18-16/h12,15H,5-11H2,1-4H3. The zero-order valence-electron chi connectivity index (χ0n) is 12.5. The maximum atomic E-state index is 4.64. The first-order valence-corrected chi connectivity index (χ1v) is 7.49. The molecule has 0 radical (unpaired) electrons. The second kappa shape index (κ2) is 8.23. The van der Waals surface area contributed by atoms with Crippen LogP contribution in [-0.2, 0) is 0 Å². The molecule has 102 valence electrons. The van der Waals surface area contributed by atoms with Gasteiger partial charge in [-0.1, -0.05) is 46.0 Å². The Morgan fingerprint density at radius 3 is 2.33 bits per heavy atom. The van der Waals surface area contributed by atoms with Crippen LogP contribution in [0.25, 0.3) is 0 Å². The van der Waals surface area contributed by atoms with Gasteiger partial charge in [-0.05, 0) is 32.8 Å². The predicted molar refractivity (Wildman–Crippen MR) is 77.9 cm³/mol. The van der Waals surface area contributed by atoms with E-state index in [9.17, 15) is 0 Å². The predicted octanol–water partition coefficient (Wildman–Crippen LogP) is 4.95. The van der Waals surface area contributed by atoms with Gasteiger partial charge in [0.05, 0.1) is 0 Å². The Kier molecular flexibility index (Phi) is 6.92. The van der Waals surface area contributed by atoms with E-state index in [2.05, 4.69) is 36.8 Å². The number of aromatic nitrogens is 2. The average molecular weight is 248 g/mol. The number of unbranched alkanes of at least 4 members (excludes halogenated alkanes) is 3. The fourth-order valence-electron chi connectivity index (χ4n) is 2.56. The minimum atomic E-state index is 0.632. The second-order valence-corrected chi connectivity index (χ2v) is 5.32. The van der Waals surface area contributed by atoms with Crippen molar-refractivity contribution in [2.24, 2.45) is 0 Å². The van der Waals surface area contributed by atoms with Crippen LogP contribution in [0.2, 0.25) is 0 Å². The molecule has 0 bridgehead atoms. The highest BCUT2D eigenvalue weighted by Gasteiger charge is 2.13. The molecule has 0 spiro atoms. The lowest BCUT2D eigenvalue weighted by Crippen LogP contribution is -2.05. The van der Waals surface area contributed by atoms with Crippen molar-refractivity contribution in [2.75, 3.05) is 0 Å². The molecule has 1 aromatic heterocycles. The average Bonchev–Trinajstić information content (AvgIpc) is 2.32. The minimum Gasteiger partial charge on any atom is -0.239 e. The summed E-state index contributed by atoms with van der Waals surface area (Å²) in [5.41, 5.74) is 2.37. The number of rotatable bonds is 8. The Hall–Kier alpha value is -0.920. The first kappa shape index (κ1) is 15.1. The molecule has 0 fully saturated rings. The van der Waals surface area contributed by atoms with Gasteiger partial charge < -0.3 is 0 Å². The molecule has 1 aromatic rings. The summed E-state index contributed by atoms with van der Waals surface area (Å²) >= 11 is 0. The Morgan fingerprint density at radius 2 is 1.72 bits per heavy atom. The molecular weight excluding hydrogens is 220 g/mol. The van der Waals surface area contributed by atoms with Gasteiger partial charge in [-0.15, -0.1) is 0 Å². The molecule has 0 amide bonds. The Morgan fingerprint density at radius 1 is 0.944 bits per heavy atom. The number of nitrogens with zero attached hydrogens (tertiary/aromatic N) is 2. The van der Waals surface area contributed by atoms with Crippen LogP contribution in [0, 0.1) is 13.8 Å². The fraction of sp³-hybridized carbons (Fsp3) is 0.750. The summed E-state index contributed by atoms with van der Waals surface area (Å²) in [5.74, 6) is 1.55. The molecule has 1 unspecified atom stereocenters. The Balaban J connectivity index is 2.64. The third-order valence-electron chi connectivity index (χ3n) is 3.45. The van der Waals surface area contributed by atoms with Crippen LogP contribution < -0.4 is 0 Å². The van der Waals surface area contributed by atoms with Crippen molar-refractivity contribution in [1.29, 1.82) is 0 Å². The van der Waals surface area contributed by atoms with Gasteiger partial charge in [-0.3, -0.25) is 0 Å². The Bertz CT molecular complexity index is 327. The maximum Gasteiger partial charge on any atom is 0.125 e. The number of aryl methyl sites for hydroxylation is 2. The molecule has 0 saturated heterocycles. The zero-order chi connectivity index (χ0) is 13.4. The lowest BCUT2D eigenvalue weighted by atomic mass is 9.92. The van der Waals surface area contributed by atoms with E-state index in [1.165, 1.54) is 50.6 Å². The van der Waals surface area contributed by atoms with Crippen LogP contribution in [-0.4, -0.2) is 9.97 Å². The molecule has 0 N–H and O–H groups in total. The first-order chi connectivity index (χ1) is 8.67. The van der Waals surface area contributed by atoms with Gasteiger partial charge in [0.15, 0.2) is 0 Å². The molecule has 18 heavy (non-hydrogen) atoms. The SMILES string of the molecule is CCCCCCC(CCC)c1cc(C)nc(C)n1. The number of hydrogen-bond donors (Lipinski definition) is 0. The highest BCUT2D eigenvalue weighted by atomic mass is 14.9. The fourth-order valence-corrected chi connectivity index (χ4v) is 2.56. The van der Waals surface area contributed by atoms with E-state index in [1.54, 1.807) is 0 Å². The summed E-state index contributed by atoms with van der Waals surface area (Å²) in [4.78, 5) is 9.02. The van der Waals surface area contributed by atoms with Gasteiger partial charge in [-0.2, -0.15) is 0 Å². The van der Waals surface area contributed by atoms with Crippen LogP contribution in [0.5, 0.6) is 0 Å². The minimum absolute atomic E-state index is 0.632. The molecule has 0 aliphatic heterocycles. The summed E-state index contributed by atoms with van der Waals surface area (Å²) in [6.45, 7) is 8.59. The van der Waals surface area contributed by atoms with Crippen LogP contribution >= 0.6 is 0 Å². The molecule has 0 aliphatic rings. The highest BCUT2D eigenvalue weighted by Crippen LogP contribution is 2.26. The summed E-state index contributed by atoms with van der Waals surface area (Å²) in [6, 6.07) is 2.17. The summed E-state index contributed by atoms with van der Waals surface area (Å²) in [5, 5.41) is 0. The van der Waals surface area contributed by atoms with E-state index in [1.807, 2.05) is 6.92 Å². The molecule has 2 heteroatoms. The van der Waals surface area contributed by atoms with Crippen molar-refractivity contribution in [3.05, 3.63) is 23.3 Å². The van der Waals surface area contributed by atoms with Crippen molar-refractivity contribution in [3.8, 4) is 0 Å². The Labute approximate surface area is 112 Å². The van der Waals surface area contributed by atoms with Crippen LogP contribution in [0.1, 0.15) is 81.9 Å². The van der Waals surface area contributed by atoms with Gasteiger partial charge in [0.1, 0.15) is 5.82 Å². The molecule has 1 atom stereocenters. The van der Waals surface area contributed by atoms with Crippen LogP contribution in [0.15, 0.2) is 6.07 Å². The van der Waals surface area contributed by atoms with Crippen molar-refractivity contribution < 1.29 is 0 Å². The van der Waals surface area contributed by atoms with E-state index in [-0.39, 0.29) is 0 Å². The van der Waals surface area contributed by atoms with Crippen molar-refractivity contribution in [2.45, 2.75) is 78.6 Å². The lowest BCUT2D eigenvalue weighted by Gasteiger charge is -2.16. The second-order valence-electron chi connectivity index (χ2n) is 5.32. The van der Waals surface area contributed by atoms with Crippen LogP contribution in [0.3, 0.4) is 0 Å². The number of hydrogen-bond acceptors (Lipinski definition) is 2. The van der Waals surface area contributed by atoms with E-state index in [0.29, 0.717) is 5.92 Å². The largest absolute Gasteiger partial charge is 0.239 e. The normalized spacial score (nSPS) is 12.7. The lowest BCUT2D eigenvalue weighted by molar-refractivity contribution is 0.510. The highest BCUT2D eigenvalue weighted by molar-refractivity contribution is 5.14. The van der Waals surface area contributed by atoms with E-state index >= 15 is 0 Å². The maximum absolute atomic E-state index is 4.64. The molecule has 0 aliphatic carbocycles. The van der Waals surface area contributed by atoms with Crippen molar-refractivity contribution in [3.63, 3.8) is 0 Å². The third-order valence-corrected chi connectivity index (χ3v) is 3.45. The van der Waals surface area contributed by atoms with E-state index in [0.717, 1.165) is 11.5 Å². The summed E-state index contributed by atoms with van der Waals surface area (Å²) in [6.07, 6.45) is 9.14. The van der Waals surface area contributed by atoms with Crippen molar-refractivity contribution in [1.82, 2.24) is 9.97 Å². The smallest absolute Gasteiger partial charge is 0.125 e. The van der Waals surface area contributed by atoms with Gasteiger partial charge in [0.2, 0.25) is 0 Å². The summed E-state index contributed by atoms with van der Waals surface area (Å²) < 4.78 is 0. The van der Waals surface area contributed by atoms with E-state index in [4.69, 9.17) is 0 Å². The molecule has 0 aromatic carbocycles. The van der Waals surface area contributed by atoms with Gasteiger partial charge in [0.25, 0.3) is 0 Å². The molecule has 2 nitrogen and oxygen atoms in total. The first-order valence-electron chi connectivity index (χ1n) is 7.49. The summed E-state index contributed by atoms with van der Waals surface area (Å²) in [7, 11) is 0. The zero-order valence-corrected chi connectivity index (χ0v) is 12.5. The monoisotopic (exact) mass is 248 g/mol. The third kappa shape index (κ3) is 5.16. The van der Waals surface area contributed by atoms with Gasteiger partial charge in [0, 0.05) is 17.3 Å². The molecule has 0 saturated carbocycles. The molecule has 1 heterocycles. The van der Waals surface area contributed by atoms with Gasteiger partial charge >= 0.3 is 0 Å². The topological polar surface area (TPSA) is 25.8 Å². The quantitative estimate of drug-likeness (QED) is 0.608. The van der Waals surface area contributed by atoms with E-state index < -0.39 is 0 Å². The molecular formula is C16H28N2. The van der Waals surface area contributed by atoms with Gasteiger partial charge in [-0.25, -0.2) is 9.97 Å². The van der Waals surface area contributed by atoms with Crippen molar-refractivity contribution >= 4 is 0 Å². The molecule has 1 rings (SSSR count).